The Balaban J connectivity index is 2.51. The highest BCUT2D eigenvalue weighted by atomic mass is 19.1. The Morgan fingerprint density at radius 2 is 1.89 bits per heavy atom. The van der Waals surface area contributed by atoms with E-state index in [1.165, 1.54) is 6.07 Å². The molecule has 3 nitrogen and oxygen atoms in total. The molecule has 0 spiro atoms. The minimum absolute atomic E-state index is 0.300. The molecule has 2 aromatic rings. The van der Waals surface area contributed by atoms with Crippen molar-refractivity contribution in [1.82, 2.24) is 9.97 Å². The molecule has 0 atom stereocenters. The molecule has 19 heavy (non-hydrogen) atoms. The Hall–Kier alpha value is -2.36. The summed E-state index contributed by atoms with van der Waals surface area (Å²) in [6.07, 6.45) is 3.16. The molecule has 0 aliphatic heterocycles. The maximum Gasteiger partial charge on any atom is 0.131 e. The van der Waals surface area contributed by atoms with Gasteiger partial charge in [0.05, 0.1) is 5.71 Å². The van der Waals surface area contributed by atoms with Crippen LogP contribution in [-0.2, 0) is 0 Å². The third-order valence-electron chi connectivity index (χ3n) is 2.77. The molecule has 0 radical (unpaired) electrons. The van der Waals surface area contributed by atoms with Crippen molar-refractivity contribution in [3.8, 4) is 11.1 Å². The fraction of sp³-hybridized carbons (Fsp3) is 0.133. The van der Waals surface area contributed by atoms with Crippen LogP contribution < -0.4 is 0 Å². The molecule has 0 saturated heterocycles. The van der Waals surface area contributed by atoms with Gasteiger partial charge in [-0.25, -0.2) is 14.4 Å². The molecule has 0 amide bonds. The minimum atomic E-state index is -0.356. The second-order valence-corrected chi connectivity index (χ2v) is 4.37. The monoisotopic (exact) mass is 255 g/mol. The third-order valence-corrected chi connectivity index (χ3v) is 2.77. The first-order valence-electron chi connectivity index (χ1n) is 5.82. The largest absolute Gasteiger partial charge is 0.300 e. The quantitative estimate of drug-likeness (QED) is 0.853. The van der Waals surface area contributed by atoms with Gasteiger partial charge in [-0.1, -0.05) is 6.58 Å². The number of halogens is 1. The van der Waals surface area contributed by atoms with Crippen LogP contribution in [0.2, 0.25) is 0 Å². The van der Waals surface area contributed by atoms with Crippen LogP contribution >= 0.6 is 0 Å². The molecule has 1 aromatic heterocycles. The highest BCUT2D eigenvalue weighted by Gasteiger charge is 2.10. The summed E-state index contributed by atoms with van der Waals surface area (Å²) in [7, 11) is 0. The zero-order chi connectivity index (χ0) is 14.0. The second-order valence-electron chi connectivity index (χ2n) is 4.37. The Morgan fingerprint density at radius 1 is 1.26 bits per heavy atom. The number of rotatable bonds is 3. The summed E-state index contributed by atoms with van der Waals surface area (Å²) in [6.45, 7) is 7.25. The number of aryl methyl sites for hydroxylation is 1. The summed E-state index contributed by atoms with van der Waals surface area (Å²) in [4.78, 5) is 8.11. The summed E-state index contributed by atoms with van der Waals surface area (Å²) in [6, 6.07) is 4.55. The molecule has 2 rings (SSSR count). The van der Waals surface area contributed by atoms with Crippen LogP contribution in [0.25, 0.3) is 11.1 Å². The van der Waals surface area contributed by atoms with Gasteiger partial charge in [0.25, 0.3) is 0 Å². The molecular weight excluding hydrogens is 241 g/mol. The zero-order valence-corrected chi connectivity index (χ0v) is 10.9. The van der Waals surface area contributed by atoms with E-state index in [1.54, 1.807) is 38.4 Å². The van der Waals surface area contributed by atoms with Gasteiger partial charge in [-0.3, -0.25) is 0 Å². The Labute approximate surface area is 111 Å². The first-order valence-corrected chi connectivity index (χ1v) is 5.82. The lowest BCUT2D eigenvalue weighted by molar-refractivity contribution is 0.631. The van der Waals surface area contributed by atoms with Crippen molar-refractivity contribution in [1.29, 1.82) is 5.41 Å². The zero-order valence-electron chi connectivity index (χ0n) is 10.9. The molecular formula is C15H14FN3. The van der Waals surface area contributed by atoms with Crippen molar-refractivity contribution in [2.24, 2.45) is 0 Å². The number of nitrogens with one attached hydrogen (secondary N) is 1. The van der Waals surface area contributed by atoms with Crippen molar-refractivity contribution in [3.63, 3.8) is 0 Å². The lowest BCUT2D eigenvalue weighted by atomic mass is 9.99. The summed E-state index contributed by atoms with van der Waals surface area (Å²) in [5.74, 6) is 0.278. The number of nitrogens with zero attached hydrogens (tertiary/aromatic N) is 2. The van der Waals surface area contributed by atoms with E-state index in [0.717, 1.165) is 0 Å². The Morgan fingerprint density at radius 3 is 2.47 bits per heavy atom. The van der Waals surface area contributed by atoms with Gasteiger partial charge in [-0.2, -0.15) is 0 Å². The number of aromatic nitrogens is 2. The van der Waals surface area contributed by atoms with Crippen LogP contribution in [-0.4, -0.2) is 15.7 Å². The standard InChI is InChI=1S/C15H14FN3/c1-9(2)15(17)11-4-5-14(16)13(6-11)12-7-18-10(3)19-8-12/h4-8,17H,1H2,2-3H3. The maximum absolute atomic E-state index is 13.9. The summed E-state index contributed by atoms with van der Waals surface area (Å²) in [5, 5.41) is 7.89. The van der Waals surface area contributed by atoms with Crippen LogP contribution in [0, 0.1) is 18.2 Å². The van der Waals surface area contributed by atoms with Crippen molar-refractivity contribution < 1.29 is 4.39 Å². The molecule has 1 aromatic carbocycles. The van der Waals surface area contributed by atoms with E-state index < -0.39 is 0 Å². The van der Waals surface area contributed by atoms with Crippen LogP contribution in [0.1, 0.15) is 18.3 Å². The van der Waals surface area contributed by atoms with Crippen LogP contribution in [0.3, 0.4) is 0 Å². The van der Waals surface area contributed by atoms with Crippen molar-refractivity contribution >= 4 is 5.71 Å². The Kier molecular flexibility index (Phi) is 3.51. The average Bonchev–Trinajstić information content (AvgIpc) is 2.39. The van der Waals surface area contributed by atoms with Crippen molar-refractivity contribution in [2.45, 2.75) is 13.8 Å². The smallest absolute Gasteiger partial charge is 0.131 e. The molecule has 0 bridgehead atoms. The predicted octanol–water partition coefficient (Wildman–Crippen LogP) is 3.54. The molecule has 0 unspecified atom stereocenters. The van der Waals surface area contributed by atoms with Gasteiger partial charge in [0.15, 0.2) is 0 Å². The van der Waals surface area contributed by atoms with E-state index in [0.29, 0.717) is 33.8 Å². The lowest BCUT2D eigenvalue weighted by Gasteiger charge is -2.08. The SMILES string of the molecule is C=C(C)C(=N)c1ccc(F)c(-c2cnc(C)nc2)c1. The highest BCUT2D eigenvalue weighted by Crippen LogP contribution is 2.23. The fourth-order valence-electron chi connectivity index (χ4n) is 1.68. The molecule has 1 N–H and O–H groups in total. The predicted molar refractivity (Wildman–Crippen MR) is 73.8 cm³/mol. The maximum atomic E-state index is 13.9. The average molecular weight is 255 g/mol. The molecule has 1 heterocycles. The molecule has 4 heteroatoms. The number of hydrogen-bond donors (Lipinski definition) is 1. The van der Waals surface area contributed by atoms with E-state index in [4.69, 9.17) is 5.41 Å². The van der Waals surface area contributed by atoms with E-state index >= 15 is 0 Å². The number of benzene rings is 1. The van der Waals surface area contributed by atoms with E-state index in [2.05, 4.69) is 16.5 Å². The summed E-state index contributed by atoms with van der Waals surface area (Å²) >= 11 is 0. The van der Waals surface area contributed by atoms with E-state index in [-0.39, 0.29) is 5.82 Å². The van der Waals surface area contributed by atoms with Crippen molar-refractivity contribution in [3.05, 3.63) is 59.9 Å². The van der Waals surface area contributed by atoms with Crippen molar-refractivity contribution in [2.75, 3.05) is 0 Å². The van der Waals surface area contributed by atoms with Gasteiger partial charge in [-0.15, -0.1) is 0 Å². The highest BCUT2D eigenvalue weighted by molar-refractivity contribution is 6.10. The minimum Gasteiger partial charge on any atom is -0.300 e. The lowest BCUT2D eigenvalue weighted by Crippen LogP contribution is -2.01. The number of hydrogen-bond acceptors (Lipinski definition) is 3. The number of allylic oxidation sites excluding steroid dienone is 1. The molecule has 0 saturated carbocycles. The summed E-state index contributed by atoms with van der Waals surface area (Å²) < 4.78 is 13.9. The fourth-order valence-corrected chi connectivity index (χ4v) is 1.68. The van der Waals surface area contributed by atoms with Gasteiger partial charge in [0, 0.05) is 29.1 Å². The molecule has 0 aliphatic rings. The Bertz CT molecular complexity index is 645. The van der Waals surface area contributed by atoms with E-state index in [1.807, 2.05) is 0 Å². The summed E-state index contributed by atoms with van der Waals surface area (Å²) in [5.41, 5.74) is 2.56. The topological polar surface area (TPSA) is 49.6 Å². The van der Waals surface area contributed by atoms with Crippen LogP contribution in [0.5, 0.6) is 0 Å². The molecule has 0 aliphatic carbocycles. The van der Waals surface area contributed by atoms with Crippen LogP contribution in [0.4, 0.5) is 4.39 Å². The normalized spacial score (nSPS) is 10.3. The molecule has 96 valence electrons. The van der Waals surface area contributed by atoms with Gasteiger partial charge < -0.3 is 5.41 Å². The molecule has 0 fully saturated rings. The first kappa shape index (κ1) is 13.1. The third kappa shape index (κ3) is 2.73. The van der Waals surface area contributed by atoms with Gasteiger partial charge in [0.1, 0.15) is 11.6 Å². The van der Waals surface area contributed by atoms with Crippen LogP contribution in [0.15, 0.2) is 42.7 Å². The van der Waals surface area contributed by atoms with E-state index in [9.17, 15) is 4.39 Å². The van der Waals surface area contributed by atoms with Gasteiger partial charge in [0.2, 0.25) is 0 Å². The second kappa shape index (κ2) is 5.10. The first-order chi connectivity index (χ1) is 8.99. The van der Waals surface area contributed by atoms with Gasteiger partial charge in [-0.05, 0) is 37.6 Å². The van der Waals surface area contributed by atoms with Gasteiger partial charge >= 0.3 is 0 Å².